The van der Waals surface area contributed by atoms with E-state index in [2.05, 4.69) is 33.2 Å². The number of hydrogen-bond donors (Lipinski definition) is 0. The molecule has 0 aliphatic rings. The Labute approximate surface area is 406 Å². The molecule has 0 fully saturated rings. The first-order chi connectivity index (χ1) is 37.6. The normalized spacial score (nSPS) is 16.7. The summed E-state index contributed by atoms with van der Waals surface area (Å²) in [6, 6.07) is 33.5. The molecule has 6 aromatic carbocycles. The van der Waals surface area contributed by atoms with E-state index in [1.807, 2.05) is 0 Å². The summed E-state index contributed by atoms with van der Waals surface area (Å²) < 4.78 is 185. The van der Waals surface area contributed by atoms with Gasteiger partial charge in [-0.3, -0.25) is 0 Å². The van der Waals surface area contributed by atoms with E-state index >= 15 is 4.39 Å². The zero-order valence-electron chi connectivity index (χ0n) is 50.7. The van der Waals surface area contributed by atoms with Crippen molar-refractivity contribution in [1.29, 1.82) is 0 Å². The van der Waals surface area contributed by atoms with E-state index in [0.717, 1.165) is 42.9 Å². The average molecular weight is 1010 g/mol. The Hall–Kier alpha value is -6.85. The molecule has 4 nitrogen and oxygen atoms in total. The van der Waals surface area contributed by atoms with E-state index < -0.39 is 108 Å². The maximum Gasteiger partial charge on any atom is 3.00 e. The van der Waals surface area contributed by atoms with Gasteiger partial charge in [0.25, 0.3) is 0 Å². The Morgan fingerprint density at radius 2 is 1.02 bits per heavy atom. The molecule has 0 unspecified atom stereocenters. The van der Waals surface area contributed by atoms with Crippen molar-refractivity contribution in [1.82, 2.24) is 15.0 Å². The monoisotopic (exact) mass is 1010 g/mol. The number of nitrogens with zero attached hydrogens (tertiary/aromatic N) is 3. The Balaban J connectivity index is 0.00000792. The predicted octanol–water partition coefficient (Wildman–Crippen LogP) is 13.3. The maximum atomic E-state index is 16.1. The van der Waals surface area contributed by atoms with Crippen LogP contribution in [0.25, 0.3) is 66.8 Å². The maximum absolute atomic E-state index is 16.1. The van der Waals surface area contributed by atoms with Gasteiger partial charge < -0.3 is 19.4 Å². The summed E-state index contributed by atoms with van der Waals surface area (Å²) in [4.78, 5) is 13.1. The number of halogens is 1. The number of hydrogen-bond acceptors (Lipinski definition) is 4. The van der Waals surface area contributed by atoms with Crippen molar-refractivity contribution in [2.45, 2.75) is 38.2 Å². The number of aryl methyl sites for hydroxylation is 6. The number of furan rings is 1. The van der Waals surface area contributed by atoms with Crippen molar-refractivity contribution < 1.29 is 53.6 Å². The average Bonchev–Trinajstić information content (AvgIpc) is 3.83. The van der Waals surface area contributed by atoms with Crippen molar-refractivity contribution in [2.24, 2.45) is 0 Å². The minimum atomic E-state index is -3.25. The summed E-state index contributed by atoms with van der Waals surface area (Å²) in [5.41, 5.74) is -2.06. The molecule has 10 aromatic rings. The van der Waals surface area contributed by atoms with Gasteiger partial charge in [-0.05, 0) is 106 Å². The second-order valence-corrected chi connectivity index (χ2v) is 13.8. The Morgan fingerprint density at radius 3 is 1.51 bits per heavy atom. The van der Waals surface area contributed by atoms with E-state index in [4.69, 9.17) is 12.6 Å². The van der Waals surface area contributed by atoms with Gasteiger partial charge >= 0.3 is 20.1 Å². The van der Waals surface area contributed by atoms with Crippen molar-refractivity contribution in [2.75, 3.05) is 0 Å². The van der Waals surface area contributed by atoms with Crippen LogP contribution in [0.2, 0.25) is 0 Å². The van der Waals surface area contributed by atoms with E-state index in [-0.39, 0.29) is 70.0 Å². The second kappa shape index (κ2) is 19.0. The Morgan fingerprint density at radius 1 is 0.508 bits per heavy atom. The van der Waals surface area contributed by atoms with Gasteiger partial charge in [0.1, 0.15) is 11.4 Å². The van der Waals surface area contributed by atoms with Crippen LogP contribution in [0.1, 0.15) is 58.1 Å². The van der Waals surface area contributed by atoms with Crippen molar-refractivity contribution in [3.8, 4) is 44.9 Å². The smallest absolute Gasteiger partial charge is 0.500 e. The van der Waals surface area contributed by atoms with Crippen molar-refractivity contribution >= 4 is 21.9 Å². The van der Waals surface area contributed by atoms with Gasteiger partial charge in [0.05, 0.1) is 19.4 Å². The molecule has 0 N–H and O–H groups in total. The van der Waals surface area contributed by atoms with Gasteiger partial charge in [-0.15, -0.1) is 90.0 Å². The third kappa shape index (κ3) is 9.34. The van der Waals surface area contributed by atoms with Gasteiger partial charge in [-0.2, -0.15) is 0 Å². The largest absolute Gasteiger partial charge is 3.00 e. The van der Waals surface area contributed by atoms with Gasteiger partial charge in [0.2, 0.25) is 0 Å². The Bertz CT molecular complexity index is 3880. The van der Waals surface area contributed by atoms with Crippen LogP contribution in [0.3, 0.4) is 0 Å². The molecule has 0 aliphatic carbocycles. The molecule has 0 bridgehead atoms. The zero-order valence-corrected chi connectivity index (χ0v) is 35.1. The Kier molecular flexibility index (Phi) is 7.65. The van der Waals surface area contributed by atoms with E-state index in [1.54, 1.807) is 48.5 Å². The summed E-state index contributed by atoms with van der Waals surface area (Å²) in [6.07, 6.45) is -15.4. The van der Waals surface area contributed by atoms with Crippen LogP contribution in [-0.2, 0) is 58.3 Å². The second-order valence-electron chi connectivity index (χ2n) is 13.8. The van der Waals surface area contributed by atoms with Gasteiger partial charge in [-0.25, -0.2) is 4.39 Å². The van der Waals surface area contributed by atoms with E-state index in [9.17, 15) is 16.4 Å². The van der Waals surface area contributed by atoms with Gasteiger partial charge in [0.15, 0.2) is 0 Å². The van der Waals surface area contributed by atoms with Crippen molar-refractivity contribution in [3.05, 3.63) is 234 Å². The number of rotatable bonds is 13. The van der Waals surface area contributed by atoms with Crippen LogP contribution >= 0.6 is 0 Å². The summed E-state index contributed by atoms with van der Waals surface area (Å²) in [5, 5.41) is 0.435. The molecule has 63 heavy (non-hydrogen) atoms. The molecule has 10 rings (SSSR count). The standard InChI is InChI=1S/C57H41FN3O.Ir/c58-51-29-28-49-48-17-10-18-50(56(48)62-57(49)55(51)47-15-8-3-9-16-47)54-32-27-41(38-61-54)21-24-44-34-42(22-19-39-25-30-52(59-36-39)45-11-4-1-5-12-45)33-43(35-44)23-20-40-26-31-53(60-37-40)46-13-6-2-7-14-46;/h1-11,13,15-17,25-38H,19-24H2;/q-3;+3/i3D,8D,9D,15D,16D,19D2,20D2,21D2,22D2,23D2,24D2,29D;. The third-order valence-electron chi connectivity index (χ3n) is 9.73. The number of benzene rings is 6. The molecule has 4 aromatic heterocycles. The molecule has 0 saturated carbocycles. The first kappa shape index (κ1) is 25.3. The first-order valence-corrected chi connectivity index (χ1v) is 19.3. The third-order valence-corrected chi connectivity index (χ3v) is 9.73. The van der Waals surface area contributed by atoms with Crippen LogP contribution in [0.5, 0.6) is 0 Å². The molecular formula is C57H41FIrN3O. The summed E-state index contributed by atoms with van der Waals surface area (Å²) in [5.74, 6) is -1.21. The predicted molar refractivity (Wildman–Crippen MR) is 247 cm³/mol. The molecule has 0 aliphatic heterocycles. The molecule has 0 spiro atoms. The first-order valence-electron chi connectivity index (χ1n) is 28.3. The summed E-state index contributed by atoms with van der Waals surface area (Å²) in [7, 11) is 0. The fourth-order valence-electron chi connectivity index (χ4n) is 6.76. The van der Waals surface area contributed by atoms with Crippen LogP contribution in [0, 0.1) is 24.0 Å². The zero-order chi connectivity index (χ0) is 57.6. The summed E-state index contributed by atoms with van der Waals surface area (Å²) in [6.45, 7) is 0. The minimum absolute atomic E-state index is 0. The van der Waals surface area contributed by atoms with E-state index in [0.29, 0.717) is 22.5 Å². The molecule has 0 atom stereocenters. The molecule has 6 heteroatoms. The molecule has 0 amide bonds. The van der Waals surface area contributed by atoms with Crippen LogP contribution < -0.4 is 0 Å². The van der Waals surface area contributed by atoms with Crippen LogP contribution in [0.15, 0.2) is 181 Å². The fourth-order valence-corrected chi connectivity index (χ4v) is 6.76. The fraction of sp³-hybridized carbons (Fsp3) is 0.105. The van der Waals surface area contributed by atoms with E-state index in [1.165, 1.54) is 48.5 Å². The quantitative estimate of drug-likeness (QED) is 0.108. The molecule has 0 saturated heterocycles. The molecular weight excluding hydrogens is 954 g/mol. The van der Waals surface area contributed by atoms with Crippen LogP contribution in [-0.4, -0.2) is 15.0 Å². The number of aromatic nitrogens is 3. The number of fused-ring (bicyclic) bond motifs is 3. The summed E-state index contributed by atoms with van der Waals surface area (Å²) >= 11 is 0. The molecule has 306 valence electrons. The molecule has 0 radical (unpaired) electrons. The van der Waals surface area contributed by atoms with Gasteiger partial charge in [-0.1, -0.05) is 95.8 Å². The SMILES string of the molecule is [2H]c1cc2c(oc3c(-c4ccc(C([2H])([2H])C([2H])([2H])c5cc(C([2H])([2H])C([2H])([2H])c6ccc(-c7[c-]cccc7)nc6)cc(C([2H])([2H])C([2H])([2H])c6ccc(-c7[c-]cccc7)nc6)c5)cn4)[c-]ccc32)c(-c2c([2H])c([2H])c([2H])c([2H])c2[2H])c1F.[Ir+3]. The van der Waals surface area contributed by atoms with Crippen LogP contribution in [0.4, 0.5) is 4.39 Å². The minimum Gasteiger partial charge on any atom is -0.500 e. The van der Waals surface area contributed by atoms with Gasteiger partial charge in [0, 0.05) is 40.4 Å². The molecule has 4 heterocycles. The van der Waals surface area contributed by atoms with Crippen molar-refractivity contribution in [3.63, 3.8) is 0 Å². The topological polar surface area (TPSA) is 51.8 Å². The number of pyridine rings is 3.